The number of carboxylic acid groups (broad SMARTS) is 1. The van der Waals surface area contributed by atoms with E-state index in [4.69, 9.17) is 5.11 Å². The second kappa shape index (κ2) is 6.35. The van der Waals surface area contributed by atoms with Gasteiger partial charge in [0.1, 0.15) is 5.78 Å². The zero-order valence-electron chi connectivity index (χ0n) is 12.2. The monoisotopic (exact) mass is 282 g/mol. The van der Waals surface area contributed by atoms with Crippen molar-refractivity contribution in [1.82, 2.24) is 0 Å². The lowest BCUT2D eigenvalue weighted by Gasteiger charge is -2.07. The minimum absolute atomic E-state index is 0.0388. The van der Waals surface area contributed by atoms with Crippen molar-refractivity contribution in [3.05, 3.63) is 59.7 Å². The van der Waals surface area contributed by atoms with Gasteiger partial charge in [0.15, 0.2) is 0 Å². The number of ketones is 1. The fourth-order valence-corrected chi connectivity index (χ4v) is 2.05. The molecule has 0 saturated carbocycles. The molecule has 0 heterocycles. The molecular weight excluding hydrogens is 264 g/mol. The molecule has 0 saturated heterocycles. The van der Waals surface area contributed by atoms with E-state index in [-0.39, 0.29) is 17.3 Å². The largest absolute Gasteiger partial charge is 0.478 e. The molecule has 0 spiro atoms. The third kappa shape index (κ3) is 3.78. The van der Waals surface area contributed by atoms with Crippen LogP contribution in [0, 0.1) is 5.92 Å². The molecule has 3 nitrogen and oxygen atoms in total. The summed E-state index contributed by atoms with van der Waals surface area (Å²) < 4.78 is 0. The number of hydrogen-bond donors (Lipinski definition) is 1. The van der Waals surface area contributed by atoms with Gasteiger partial charge < -0.3 is 5.11 Å². The van der Waals surface area contributed by atoms with E-state index in [1.807, 2.05) is 44.2 Å². The summed E-state index contributed by atoms with van der Waals surface area (Å²) >= 11 is 0. The van der Waals surface area contributed by atoms with Gasteiger partial charge in [0.2, 0.25) is 0 Å². The summed E-state index contributed by atoms with van der Waals surface area (Å²) in [4.78, 5) is 22.7. The Bertz CT molecular complexity index is 654. The second-order valence-corrected chi connectivity index (χ2v) is 5.38. The summed E-state index contributed by atoms with van der Waals surface area (Å²) in [5, 5.41) is 9.01. The maximum atomic E-state index is 11.7. The first-order valence-electron chi connectivity index (χ1n) is 6.93. The van der Waals surface area contributed by atoms with E-state index in [2.05, 4.69) is 0 Å². The van der Waals surface area contributed by atoms with Crippen molar-refractivity contribution in [2.75, 3.05) is 0 Å². The Hall–Kier alpha value is -2.42. The Labute approximate surface area is 124 Å². The second-order valence-electron chi connectivity index (χ2n) is 5.38. The zero-order chi connectivity index (χ0) is 15.4. The van der Waals surface area contributed by atoms with Gasteiger partial charge >= 0.3 is 5.97 Å². The molecule has 0 atom stereocenters. The van der Waals surface area contributed by atoms with Gasteiger partial charge in [-0.05, 0) is 28.8 Å². The summed E-state index contributed by atoms with van der Waals surface area (Å²) in [6.07, 6.45) is 0.438. The summed E-state index contributed by atoms with van der Waals surface area (Å²) in [5.74, 6) is -0.677. The van der Waals surface area contributed by atoms with Gasteiger partial charge in [0.05, 0.1) is 5.56 Å². The quantitative estimate of drug-likeness (QED) is 0.907. The van der Waals surface area contributed by atoms with Crippen LogP contribution in [-0.2, 0) is 11.2 Å². The number of aromatic carboxylic acids is 1. The van der Waals surface area contributed by atoms with Gasteiger partial charge in [-0.15, -0.1) is 0 Å². The Balaban J connectivity index is 2.21. The van der Waals surface area contributed by atoms with Crippen LogP contribution in [0.25, 0.3) is 11.1 Å². The molecule has 0 fully saturated rings. The number of hydrogen-bond acceptors (Lipinski definition) is 2. The lowest BCUT2D eigenvalue weighted by atomic mass is 9.98. The van der Waals surface area contributed by atoms with E-state index in [0.29, 0.717) is 6.42 Å². The number of rotatable bonds is 5. The van der Waals surface area contributed by atoms with Gasteiger partial charge in [-0.25, -0.2) is 4.79 Å². The van der Waals surface area contributed by atoms with E-state index < -0.39 is 5.97 Å². The molecule has 0 aliphatic heterocycles. The van der Waals surface area contributed by atoms with Crippen molar-refractivity contribution in [3.8, 4) is 11.1 Å². The fourth-order valence-electron chi connectivity index (χ4n) is 2.05. The minimum atomic E-state index is -0.934. The van der Waals surface area contributed by atoms with E-state index in [0.717, 1.165) is 16.7 Å². The number of benzene rings is 2. The molecular formula is C18H18O3. The molecule has 108 valence electrons. The van der Waals surface area contributed by atoms with Crippen LogP contribution in [0.3, 0.4) is 0 Å². The summed E-state index contributed by atoms with van der Waals surface area (Å²) in [6, 6.07) is 14.5. The summed E-state index contributed by atoms with van der Waals surface area (Å²) in [6.45, 7) is 3.79. The van der Waals surface area contributed by atoms with E-state index in [9.17, 15) is 9.59 Å². The highest BCUT2D eigenvalue weighted by molar-refractivity contribution is 5.89. The third-order valence-electron chi connectivity index (χ3n) is 3.42. The van der Waals surface area contributed by atoms with Crippen LogP contribution < -0.4 is 0 Å². The highest BCUT2D eigenvalue weighted by Gasteiger charge is 2.09. The van der Waals surface area contributed by atoms with Crippen LogP contribution in [-0.4, -0.2) is 16.9 Å². The van der Waals surface area contributed by atoms with E-state index in [1.165, 1.54) is 0 Å². The van der Waals surface area contributed by atoms with Crippen LogP contribution >= 0.6 is 0 Å². The van der Waals surface area contributed by atoms with Crippen molar-refractivity contribution in [2.45, 2.75) is 20.3 Å². The number of Topliss-reactive ketones (excluding diaryl/α,β-unsaturated/α-hetero) is 1. The molecule has 0 aliphatic rings. The Morgan fingerprint density at radius 1 is 1.00 bits per heavy atom. The van der Waals surface area contributed by atoms with Crippen molar-refractivity contribution in [2.24, 2.45) is 5.92 Å². The van der Waals surface area contributed by atoms with Crippen LogP contribution in [0.15, 0.2) is 48.5 Å². The SMILES string of the molecule is CC(C)C(=O)Cc1ccc(-c2cccc(C(=O)O)c2)cc1. The predicted octanol–water partition coefficient (Wildman–Crippen LogP) is 3.82. The Morgan fingerprint density at radius 2 is 1.67 bits per heavy atom. The maximum Gasteiger partial charge on any atom is 0.335 e. The molecule has 2 aromatic rings. The van der Waals surface area contributed by atoms with Gasteiger partial charge in [0.25, 0.3) is 0 Å². The average molecular weight is 282 g/mol. The lowest BCUT2D eigenvalue weighted by Crippen LogP contribution is -2.09. The molecule has 0 radical (unpaired) electrons. The van der Waals surface area contributed by atoms with Crippen molar-refractivity contribution in [1.29, 1.82) is 0 Å². The molecule has 2 aromatic carbocycles. The molecule has 2 rings (SSSR count). The molecule has 0 unspecified atom stereocenters. The minimum Gasteiger partial charge on any atom is -0.478 e. The van der Waals surface area contributed by atoms with Crippen LogP contribution in [0.2, 0.25) is 0 Å². The van der Waals surface area contributed by atoms with E-state index >= 15 is 0 Å². The molecule has 0 aliphatic carbocycles. The van der Waals surface area contributed by atoms with Gasteiger partial charge in [0, 0.05) is 12.3 Å². The normalized spacial score (nSPS) is 10.6. The topological polar surface area (TPSA) is 54.4 Å². The molecule has 0 amide bonds. The van der Waals surface area contributed by atoms with Crippen molar-refractivity contribution in [3.63, 3.8) is 0 Å². The molecule has 3 heteroatoms. The van der Waals surface area contributed by atoms with Gasteiger partial charge in [-0.3, -0.25) is 4.79 Å². The molecule has 21 heavy (non-hydrogen) atoms. The molecule has 1 N–H and O–H groups in total. The number of carbonyl (C=O) groups is 2. The smallest absolute Gasteiger partial charge is 0.335 e. The molecule has 0 bridgehead atoms. The maximum absolute atomic E-state index is 11.7. The molecule has 0 aromatic heterocycles. The average Bonchev–Trinajstić information content (AvgIpc) is 2.48. The lowest BCUT2D eigenvalue weighted by molar-refractivity contribution is -0.121. The highest BCUT2D eigenvalue weighted by Crippen LogP contribution is 2.21. The first kappa shape index (κ1) is 15.0. The first-order valence-corrected chi connectivity index (χ1v) is 6.93. The highest BCUT2D eigenvalue weighted by atomic mass is 16.4. The number of carboxylic acids is 1. The summed E-state index contributed by atoms with van der Waals surface area (Å²) in [7, 11) is 0. The predicted molar refractivity (Wildman–Crippen MR) is 82.4 cm³/mol. The van der Waals surface area contributed by atoms with Gasteiger partial charge in [-0.2, -0.15) is 0 Å². The van der Waals surface area contributed by atoms with Crippen LogP contribution in [0.4, 0.5) is 0 Å². The Morgan fingerprint density at radius 3 is 2.24 bits per heavy atom. The Kier molecular flexibility index (Phi) is 4.53. The standard InChI is InChI=1S/C18H18O3/c1-12(2)17(19)10-13-6-8-14(9-7-13)15-4-3-5-16(11-15)18(20)21/h3-9,11-12H,10H2,1-2H3,(H,20,21). The number of carbonyl (C=O) groups excluding carboxylic acids is 1. The zero-order valence-corrected chi connectivity index (χ0v) is 12.2. The van der Waals surface area contributed by atoms with Crippen molar-refractivity contribution < 1.29 is 14.7 Å². The first-order chi connectivity index (χ1) is 9.97. The third-order valence-corrected chi connectivity index (χ3v) is 3.42. The van der Waals surface area contributed by atoms with Crippen LogP contribution in [0.5, 0.6) is 0 Å². The fraction of sp³-hybridized carbons (Fsp3) is 0.222. The van der Waals surface area contributed by atoms with Crippen LogP contribution in [0.1, 0.15) is 29.8 Å². The van der Waals surface area contributed by atoms with Crippen molar-refractivity contribution >= 4 is 11.8 Å². The van der Waals surface area contributed by atoms with Gasteiger partial charge in [-0.1, -0.05) is 50.2 Å². The van der Waals surface area contributed by atoms with E-state index in [1.54, 1.807) is 18.2 Å². The summed E-state index contributed by atoms with van der Waals surface area (Å²) in [5.41, 5.74) is 3.05.